The van der Waals surface area contributed by atoms with Crippen LogP contribution in [0.2, 0.25) is 0 Å². The van der Waals surface area contributed by atoms with E-state index in [9.17, 15) is 9.41 Å². The van der Waals surface area contributed by atoms with Gasteiger partial charge in [-0.3, -0.25) is 0 Å². The second kappa shape index (κ2) is 3.88. The van der Waals surface area contributed by atoms with E-state index in [0.717, 1.165) is 6.07 Å². The number of benzene rings is 1. The number of rotatable bonds is 2. The minimum atomic E-state index is -0.854. The van der Waals surface area contributed by atoms with Gasteiger partial charge < -0.3 is 5.02 Å². The molecule has 0 spiro atoms. The summed E-state index contributed by atoms with van der Waals surface area (Å²) in [7, 11) is 0. The Morgan fingerprint density at radius 1 is 1.62 bits per heavy atom. The highest BCUT2D eigenvalue weighted by molar-refractivity contribution is 6.70. The van der Waals surface area contributed by atoms with Gasteiger partial charge in [-0.15, -0.1) is 6.58 Å². The molecule has 0 saturated carbocycles. The van der Waals surface area contributed by atoms with Gasteiger partial charge in [0, 0.05) is 0 Å². The molecule has 13 heavy (non-hydrogen) atoms. The zero-order valence-corrected chi connectivity index (χ0v) is 6.87. The van der Waals surface area contributed by atoms with Crippen molar-refractivity contribution in [3.8, 4) is 6.07 Å². The van der Waals surface area contributed by atoms with E-state index in [-0.39, 0.29) is 5.56 Å². The molecular formula is C9H7BFNO. The van der Waals surface area contributed by atoms with Crippen molar-refractivity contribution in [3.63, 3.8) is 0 Å². The Bertz CT molecular complexity index is 372. The van der Waals surface area contributed by atoms with Crippen LogP contribution in [0.3, 0.4) is 0 Å². The zero-order chi connectivity index (χ0) is 9.84. The lowest BCUT2D eigenvalue weighted by atomic mass is 9.62. The number of hydrogen-bond donors (Lipinski definition) is 1. The Morgan fingerprint density at radius 2 is 2.31 bits per heavy atom. The summed E-state index contributed by atoms with van der Waals surface area (Å²) >= 11 is 0. The van der Waals surface area contributed by atoms with Gasteiger partial charge in [-0.05, 0) is 17.6 Å². The predicted octanol–water partition coefficient (Wildman–Crippen LogP) is 0.613. The second-order valence-corrected chi connectivity index (χ2v) is 2.53. The first-order valence-corrected chi connectivity index (χ1v) is 3.69. The summed E-state index contributed by atoms with van der Waals surface area (Å²) in [6, 6.07) is 5.57. The third-order valence-electron chi connectivity index (χ3n) is 1.68. The quantitative estimate of drug-likeness (QED) is 0.669. The zero-order valence-electron chi connectivity index (χ0n) is 6.87. The third-order valence-corrected chi connectivity index (χ3v) is 1.68. The van der Waals surface area contributed by atoms with E-state index in [1.165, 1.54) is 18.1 Å². The van der Waals surface area contributed by atoms with Crippen LogP contribution in [0.1, 0.15) is 5.56 Å². The lowest BCUT2D eigenvalue weighted by molar-refractivity contribution is 0.598. The van der Waals surface area contributed by atoms with Crippen molar-refractivity contribution in [2.75, 3.05) is 0 Å². The molecule has 0 aromatic heterocycles. The fourth-order valence-corrected chi connectivity index (χ4v) is 0.949. The normalized spacial score (nSPS) is 9.00. The molecule has 0 heterocycles. The van der Waals surface area contributed by atoms with E-state index in [2.05, 4.69) is 6.58 Å². The monoisotopic (exact) mass is 175 g/mol. The molecule has 0 fully saturated rings. The molecule has 1 aromatic carbocycles. The average molecular weight is 175 g/mol. The lowest BCUT2D eigenvalue weighted by Crippen LogP contribution is -2.28. The molecule has 0 atom stereocenters. The van der Waals surface area contributed by atoms with Crippen LogP contribution in [0.15, 0.2) is 30.8 Å². The largest absolute Gasteiger partial charge is 0.443 e. The highest BCUT2D eigenvalue weighted by atomic mass is 19.1. The first kappa shape index (κ1) is 9.49. The molecule has 4 heteroatoms. The Hall–Kier alpha value is -1.60. The van der Waals surface area contributed by atoms with Crippen molar-refractivity contribution in [2.45, 2.75) is 0 Å². The Kier molecular flexibility index (Phi) is 2.83. The SMILES string of the molecule is C=CB(O)c1ccc(F)c(C#N)c1. The van der Waals surface area contributed by atoms with E-state index >= 15 is 0 Å². The molecule has 0 aliphatic carbocycles. The van der Waals surface area contributed by atoms with Gasteiger partial charge >= 0.3 is 6.92 Å². The van der Waals surface area contributed by atoms with Crippen LogP contribution in [0, 0.1) is 17.1 Å². The topological polar surface area (TPSA) is 44.0 Å². The summed E-state index contributed by atoms with van der Waals surface area (Å²) in [6.45, 7) is 2.53. The first-order valence-electron chi connectivity index (χ1n) is 3.69. The van der Waals surface area contributed by atoms with Gasteiger partial charge in [-0.2, -0.15) is 5.26 Å². The molecule has 1 N–H and O–H groups in total. The third kappa shape index (κ3) is 1.95. The number of nitrogens with zero attached hydrogens (tertiary/aromatic N) is 1. The minimum absolute atomic E-state index is 0.0709. The Morgan fingerprint density at radius 3 is 2.85 bits per heavy atom. The van der Waals surface area contributed by atoms with Gasteiger partial charge in [0.15, 0.2) is 0 Å². The highest BCUT2D eigenvalue weighted by Gasteiger charge is 2.11. The van der Waals surface area contributed by atoms with E-state index < -0.39 is 12.7 Å². The maximum absolute atomic E-state index is 12.8. The van der Waals surface area contributed by atoms with Crippen LogP contribution in [0.4, 0.5) is 4.39 Å². The predicted molar refractivity (Wildman–Crippen MR) is 48.9 cm³/mol. The fourth-order valence-electron chi connectivity index (χ4n) is 0.949. The fraction of sp³-hybridized carbons (Fsp3) is 0. The smallest absolute Gasteiger partial charge is 0.350 e. The minimum Gasteiger partial charge on any atom is -0.443 e. The molecule has 64 valence electrons. The first-order chi connectivity index (χ1) is 6.19. The van der Waals surface area contributed by atoms with Crippen molar-refractivity contribution in [3.05, 3.63) is 42.1 Å². The Balaban J connectivity index is 3.15. The number of halogens is 1. The van der Waals surface area contributed by atoms with E-state index in [0.29, 0.717) is 5.46 Å². The van der Waals surface area contributed by atoms with Gasteiger partial charge in [0.2, 0.25) is 0 Å². The van der Waals surface area contributed by atoms with Gasteiger partial charge in [-0.1, -0.05) is 12.0 Å². The van der Waals surface area contributed by atoms with Crippen LogP contribution in [0.5, 0.6) is 0 Å². The molecular weight excluding hydrogens is 168 g/mol. The molecule has 0 radical (unpaired) electrons. The molecule has 0 unspecified atom stereocenters. The van der Waals surface area contributed by atoms with Gasteiger partial charge in [0.25, 0.3) is 0 Å². The van der Waals surface area contributed by atoms with Gasteiger partial charge in [-0.25, -0.2) is 4.39 Å². The van der Waals surface area contributed by atoms with Crippen molar-refractivity contribution in [2.24, 2.45) is 0 Å². The summed E-state index contributed by atoms with van der Waals surface area (Å²) in [5, 5.41) is 17.8. The van der Waals surface area contributed by atoms with Crippen molar-refractivity contribution < 1.29 is 9.41 Å². The van der Waals surface area contributed by atoms with Gasteiger partial charge in [0.1, 0.15) is 11.9 Å². The summed E-state index contributed by atoms with van der Waals surface area (Å²) < 4.78 is 12.8. The van der Waals surface area contributed by atoms with E-state index in [1.54, 1.807) is 6.07 Å². The van der Waals surface area contributed by atoms with Crippen molar-refractivity contribution >= 4 is 12.4 Å². The van der Waals surface area contributed by atoms with E-state index in [1.807, 2.05) is 0 Å². The number of nitriles is 1. The summed E-state index contributed by atoms with van der Waals surface area (Å²) in [6.07, 6.45) is 0. The van der Waals surface area contributed by atoms with E-state index in [4.69, 9.17) is 5.26 Å². The van der Waals surface area contributed by atoms with Crippen LogP contribution >= 0.6 is 0 Å². The molecule has 0 aliphatic heterocycles. The summed E-state index contributed by atoms with van der Waals surface area (Å²) in [5.74, 6) is 0.733. The molecule has 1 rings (SSSR count). The molecule has 2 nitrogen and oxygen atoms in total. The number of hydrogen-bond acceptors (Lipinski definition) is 2. The van der Waals surface area contributed by atoms with Crippen molar-refractivity contribution in [1.82, 2.24) is 0 Å². The molecule has 0 aliphatic rings. The highest BCUT2D eigenvalue weighted by Crippen LogP contribution is 2.03. The van der Waals surface area contributed by atoms with Gasteiger partial charge in [0.05, 0.1) is 5.56 Å². The molecule has 0 saturated heterocycles. The maximum atomic E-state index is 12.8. The maximum Gasteiger partial charge on any atom is 0.350 e. The van der Waals surface area contributed by atoms with Crippen LogP contribution in [-0.4, -0.2) is 11.9 Å². The molecule has 0 bridgehead atoms. The standard InChI is InChI=1S/C9H7BFNO/c1-2-10(13)8-3-4-9(11)7(5-8)6-12/h2-5,13H,1H2. The van der Waals surface area contributed by atoms with Crippen molar-refractivity contribution in [1.29, 1.82) is 5.26 Å². The lowest BCUT2D eigenvalue weighted by Gasteiger charge is -2.01. The van der Waals surface area contributed by atoms with Crippen LogP contribution in [0.25, 0.3) is 0 Å². The summed E-state index contributed by atoms with van der Waals surface area (Å²) in [4.78, 5) is 0. The van der Waals surface area contributed by atoms with Crippen LogP contribution in [-0.2, 0) is 0 Å². The average Bonchev–Trinajstić information content (AvgIpc) is 2.17. The second-order valence-electron chi connectivity index (χ2n) is 2.53. The molecule has 0 amide bonds. The summed E-state index contributed by atoms with van der Waals surface area (Å²) in [5.41, 5.74) is 0.395. The van der Waals surface area contributed by atoms with Crippen LogP contribution < -0.4 is 5.46 Å². The molecule has 1 aromatic rings. The Labute approximate surface area is 76.0 Å².